The minimum absolute atomic E-state index is 0.0151. The van der Waals surface area contributed by atoms with Crippen molar-refractivity contribution in [3.63, 3.8) is 0 Å². The molecule has 1 fully saturated rings. The van der Waals surface area contributed by atoms with Crippen LogP contribution >= 0.6 is 0 Å². The van der Waals surface area contributed by atoms with Crippen LogP contribution in [0.25, 0.3) is 5.76 Å². The number of nitrogens with zero attached hydrogens (tertiary/aromatic N) is 1. The van der Waals surface area contributed by atoms with Crippen molar-refractivity contribution in [1.29, 1.82) is 0 Å². The summed E-state index contributed by atoms with van der Waals surface area (Å²) in [6.45, 7) is 1.31. The third kappa shape index (κ3) is 4.26. The molecule has 4 rings (SSSR count). The van der Waals surface area contributed by atoms with Gasteiger partial charge in [0.1, 0.15) is 11.5 Å². The zero-order valence-electron chi connectivity index (χ0n) is 18.7. The Kier molecular flexibility index (Phi) is 6.55. The number of carbonyl (C=O) groups is 2. The number of ether oxygens (including phenoxy) is 3. The van der Waals surface area contributed by atoms with Crippen LogP contribution in [0.1, 0.15) is 35.6 Å². The highest BCUT2D eigenvalue weighted by Crippen LogP contribution is 2.42. The predicted molar refractivity (Wildman–Crippen MR) is 120 cm³/mol. The molecular formula is C25H27NO7. The van der Waals surface area contributed by atoms with Gasteiger partial charge < -0.3 is 29.3 Å². The Hall–Kier alpha value is -3.52. The SMILES string of the molecule is COCCCN1C(=O)C(=O)/C(=C(\O)c2ccc3c(c2)CCCO3)C1c1ccc(OC)c(O)c1. The van der Waals surface area contributed by atoms with E-state index in [4.69, 9.17) is 14.2 Å². The van der Waals surface area contributed by atoms with Gasteiger partial charge in [-0.1, -0.05) is 6.07 Å². The van der Waals surface area contributed by atoms with Gasteiger partial charge in [-0.15, -0.1) is 0 Å². The number of methoxy groups -OCH3 is 2. The van der Waals surface area contributed by atoms with Gasteiger partial charge in [0.2, 0.25) is 0 Å². The smallest absolute Gasteiger partial charge is 0.295 e. The number of aliphatic hydroxyl groups is 1. The van der Waals surface area contributed by atoms with Crippen molar-refractivity contribution < 1.29 is 34.0 Å². The third-order valence-electron chi connectivity index (χ3n) is 5.99. The molecule has 33 heavy (non-hydrogen) atoms. The number of phenols is 1. The number of benzene rings is 2. The number of phenolic OH excluding ortho intramolecular Hbond substituents is 1. The first kappa shape index (κ1) is 22.7. The minimum atomic E-state index is -0.856. The molecule has 8 nitrogen and oxygen atoms in total. The van der Waals surface area contributed by atoms with Gasteiger partial charge in [0.25, 0.3) is 11.7 Å². The lowest BCUT2D eigenvalue weighted by molar-refractivity contribution is -0.140. The van der Waals surface area contributed by atoms with Crippen molar-refractivity contribution >= 4 is 17.4 Å². The molecule has 8 heteroatoms. The summed E-state index contributed by atoms with van der Waals surface area (Å²) in [6, 6.07) is 9.08. The quantitative estimate of drug-likeness (QED) is 0.287. The first-order valence-electron chi connectivity index (χ1n) is 10.9. The molecule has 2 aromatic carbocycles. The molecule has 0 aliphatic carbocycles. The molecule has 2 heterocycles. The summed E-state index contributed by atoms with van der Waals surface area (Å²) < 4.78 is 15.9. The fourth-order valence-corrected chi connectivity index (χ4v) is 4.38. The molecule has 1 saturated heterocycles. The van der Waals surface area contributed by atoms with Crippen molar-refractivity contribution in [2.24, 2.45) is 0 Å². The summed E-state index contributed by atoms with van der Waals surface area (Å²) >= 11 is 0. The molecule has 0 spiro atoms. The number of aliphatic hydroxyl groups excluding tert-OH is 1. The zero-order valence-corrected chi connectivity index (χ0v) is 18.7. The predicted octanol–water partition coefficient (Wildman–Crippen LogP) is 3.18. The molecule has 2 aromatic rings. The lowest BCUT2D eigenvalue weighted by Crippen LogP contribution is -2.31. The highest BCUT2D eigenvalue weighted by molar-refractivity contribution is 6.46. The number of fused-ring (bicyclic) bond motifs is 1. The van der Waals surface area contributed by atoms with Crippen molar-refractivity contribution in [1.82, 2.24) is 4.90 Å². The van der Waals surface area contributed by atoms with E-state index in [1.807, 2.05) is 0 Å². The average Bonchev–Trinajstić information content (AvgIpc) is 3.08. The fourth-order valence-electron chi connectivity index (χ4n) is 4.38. The normalized spacial score (nSPS) is 19.3. The van der Waals surface area contributed by atoms with Crippen LogP contribution in [0.2, 0.25) is 0 Å². The Morgan fingerprint density at radius 2 is 2.00 bits per heavy atom. The van der Waals surface area contributed by atoms with E-state index in [2.05, 4.69) is 0 Å². The van der Waals surface area contributed by atoms with Gasteiger partial charge in [-0.25, -0.2) is 0 Å². The lowest BCUT2D eigenvalue weighted by atomic mass is 9.93. The molecule has 2 aliphatic heterocycles. The topological polar surface area (TPSA) is 106 Å². The molecule has 2 N–H and O–H groups in total. The van der Waals surface area contributed by atoms with E-state index >= 15 is 0 Å². The summed E-state index contributed by atoms with van der Waals surface area (Å²) in [6.07, 6.45) is 2.18. The lowest BCUT2D eigenvalue weighted by Gasteiger charge is -2.25. The monoisotopic (exact) mass is 453 g/mol. The van der Waals surface area contributed by atoms with E-state index in [1.165, 1.54) is 18.1 Å². The fraction of sp³-hybridized carbons (Fsp3) is 0.360. The molecule has 174 valence electrons. The highest BCUT2D eigenvalue weighted by Gasteiger charge is 2.46. The van der Waals surface area contributed by atoms with Gasteiger partial charge in [0.05, 0.1) is 25.3 Å². The standard InChI is InChI=1S/C25H27NO7/c1-31-11-4-10-26-22(16-6-9-20(32-2)18(27)14-16)21(24(29)25(26)30)23(28)17-7-8-19-15(13-17)5-3-12-33-19/h6-9,13-14,22,27-28H,3-5,10-12H2,1-2H3/b23-21-. The van der Waals surface area contributed by atoms with E-state index < -0.39 is 17.7 Å². The Labute approximate surface area is 192 Å². The maximum absolute atomic E-state index is 13.1. The number of amides is 1. The maximum Gasteiger partial charge on any atom is 0.295 e. The summed E-state index contributed by atoms with van der Waals surface area (Å²) in [7, 11) is 3.00. The van der Waals surface area contributed by atoms with Gasteiger partial charge in [0.15, 0.2) is 11.5 Å². The number of carbonyl (C=O) groups excluding carboxylic acids is 2. The van der Waals surface area contributed by atoms with E-state index in [1.54, 1.807) is 37.4 Å². The molecule has 2 aliphatic rings. The number of aryl methyl sites for hydroxylation is 1. The number of aromatic hydroxyl groups is 1. The minimum Gasteiger partial charge on any atom is -0.507 e. The Morgan fingerprint density at radius 3 is 2.73 bits per heavy atom. The summed E-state index contributed by atoms with van der Waals surface area (Å²) in [5.41, 5.74) is 1.86. The summed E-state index contributed by atoms with van der Waals surface area (Å²) in [5.74, 6) is -0.813. The van der Waals surface area contributed by atoms with Crippen molar-refractivity contribution in [2.45, 2.75) is 25.3 Å². The van der Waals surface area contributed by atoms with Crippen LogP contribution in [0, 0.1) is 0 Å². The molecule has 1 amide bonds. The number of hydrogen-bond donors (Lipinski definition) is 2. The van der Waals surface area contributed by atoms with Gasteiger partial charge >= 0.3 is 0 Å². The Morgan fingerprint density at radius 1 is 1.18 bits per heavy atom. The molecule has 0 saturated carbocycles. The van der Waals surface area contributed by atoms with Crippen LogP contribution < -0.4 is 9.47 Å². The molecular weight excluding hydrogens is 426 g/mol. The van der Waals surface area contributed by atoms with Crippen LogP contribution in [0.15, 0.2) is 42.0 Å². The van der Waals surface area contributed by atoms with Crippen molar-refractivity contribution in [2.75, 3.05) is 34.0 Å². The molecule has 1 unspecified atom stereocenters. The number of rotatable bonds is 7. The number of hydrogen-bond acceptors (Lipinski definition) is 7. The number of Topliss-reactive ketones (excluding diaryl/α,β-unsaturated/α-hetero) is 1. The van der Waals surface area contributed by atoms with E-state index in [0.717, 1.165) is 24.2 Å². The first-order valence-corrected chi connectivity index (χ1v) is 10.9. The first-order chi connectivity index (χ1) is 16.0. The van der Waals surface area contributed by atoms with Crippen LogP contribution in [-0.2, 0) is 20.7 Å². The van der Waals surface area contributed by atoms with Crippen molar-refractivity contribution in [3.05, 3.63) is 58.7 Å². The van der Waals surface area contributed by atoms with Crippen molar-refractivity contribution in [3.8, 4) is 17.2 Å². The number of likely N-dealkylation sites (tertiary alicyclic amines) is 1. The Balaban J connectivity index is 1.82. The third-order valence-corrected chi connectivity index (χ3v) is 5.99. The summed E-state index contributed by atoms with van der Waals surface area (Å²) in [4.78, 5) is 27.5. The van der Waals surface area contributed by atoms with Crippen LogP contribution in [0.4, 0.5) is 0 Å². The van der Waals surface area contributed by atoms with E-state index in [9.17, 15) is 19.8 Å². The highest BCUT2D eigenvalue weighted by atomic mass is 16.5. The van der Waals surface area contributed by atoms with Gasteiger partial charge in [-0.2, -0.15) is 0 Å². The largest absolute Gasteiger partial charge is 0.507 e. The molecule has 0 radical (unpaired) electrons. The van der Waals surface area contributed by atoms with Crippen LogP contribution in [0.5, 0.6) is 17.2 Å². The van der Waals surface area contributed by atoms with Gasteiger partial charge in [0, 0.05) is 25.8 Å². The average molecular weight is 453 g/mol. The van der Waals surface area contributed by atoms with Gasteiger partial charge in [-0.05, 0) is 60.7 Å². The molecule has 0 bridgehead atoms. The maximum atomic E-state index is 13.1. The molecule has 1 atom stereocenters. The number of ketones is 1. The van der Waals surface area contributed by atoms with E-state index in [-0.39, 0.29) is 29.4 Å². The van der Waals surface area contributed by atoms with Crippen LogP contribution in [0.3, 0.4) is 0 Å². The second kappa shape index (κ2) is 9.54. The van der Waals surface area contributed by atoms with Gasteiger partial charge in [-0.3, -0.25) is 9.59 Å². The molecule has 0 aromatic heterocycles. The van der Waals surface area contributed by atoms with E-state index in [0.29, 0.717) is 30.8 Å². The summed E-state index contributed by atoms with van der Waals surface area (Å²) in [5, 5.41) is 21.6. The second-order valence-corrected chi connectivity index (χ2v) is 8.04. The zero-order chi connectivity index (χ0) is 23.5. The van der Waals surface area contributed by atoms with Crippen LogP contribution in [-0.4, -0.2) is 60.8 Å². The Bertz CT molecular complexity index is 1110. The second-order valence-electron chi connectivity index (χ2n) is 8.04.